The van der Waals surface area contributed by atoms with Gasteiger partial charge in [0.1, 0.15) is 16.7 Å². The van der Waals surface area contributed by atoms with Gasteiger partial charge in [-0.3, -0.25) is 0 Å². The van der Waals surface area contributed by atoms with Gasteiger partial charge >= 0.3 is 0 Å². The van der Waals surface area contributed by atoms with Crippen LogP contribution < -0.4 is 5.32 Å². The normalized spacial score (nSPS) is 10.6. The maximum absolute atomic E-state index is 5.88. The summed E-state index contributed by atoms with van der Waals surface area (Å²) in [4.78, 5) is 4.09. The number of furan rings is 1. The van der Waals surface area contributed by atoms with Crippen molar-refractivity contribution in [3.05, 3.63) is 46.6 Å². The zero-order valence-electron chi connectivity index (χ0n) is 10.4. The summed E-state index contributed by atoms with van der Waals surface area (Å²) in [6.45, 7) is 2.58. The van der Waals surface area contributed by atoms with E-state index in [2.05, 4.69) is 16.6 Å². The quantitative estimate of drug-likeness (QED) is 0.838. The van der Waals surface area contributed by atoms with Gasteiger partial charge in [0, 0.05) is 0 Å². The summed E-state index contributed by atoms with van der Waals surface area (Å²) < 4.78 is 5.67. The second-order valence-electron chi connectivity index (χ2n) is 3.99. The van der Waals surface area contributed by atoms with Crippen LogP contribution in [0.25, 0.3) is 0 Å². The second kappa shape index (κ2) is 6.16. The highest BCUT2D eigenvalue weighted by molar-refractivity contribution is 7.97. The van der Waals surface area contributed by atoms with Crippen LogP contribution in [-0.2, 0) is 12.3 Å². The first-order valence-electron chi connectivity index (χ1n) is 5.61. The van der Waals surface area contributed by atoms with Crippen LogP contribution in [0, 0.1) is 6.92 Å². The van der Waals surface area contributed by atoms with Crippen molar-refractivity contribution >= 4 is 29.1 Å². The first kappa shape index (κ1) is 13.3. The lowest BCUT2D eigenvalue weighted by Gasteiger charge is -2.05. The Morgan fingerprint density at radius 3 is 2.89 bits per heavy atom. The molecule has 2 aromatic heterocycles. The number of thioether (sulfide) groups is 1. The van der Waals surface area contributed by atoms with Gasteiger partial charge in [-0.05, 0) is 36.9 Å². The average molecular weight is 283 g/mol. The lowest BCUT2D eigenvalue weighted by atomic mass is 10.3. The SMILES string of the molecule is CSCc1ccc(CNc2cnc(Cl)c(C)c2)o1. The molecule has 0 radical (unpaired) electrons. The van der Waals surface area contributed by atoms with Gasteiger partial charge in [-0.15, -0.1) is 0 Å². The van der Waals surface area contributed by atoms with Gasteiger partial charge in [-0.25, -0.2) is 4.98 Å². The molecule has 0 aliphatic carbocycles. The minimum absolute atomic E-state index is 0.542. The van der Waals surface area contributed by atoms with E-state index in [1.54, 1.807) is 18.0 Å². The zero-order valence-corrected chi connectivity index (χ0v) is 11.9. The number of aromatic nitrogens is 1. The van der Waals surface area contributed by atoms with Gasteiger partial charge in [0.2, 0.25) is 0 Å². The molecule has 2 aromatic rings. The minimum atomic E-state index is 0.542. The predicted molar refractivity (Wildman–Crippen MR) is 77.2 cm³/mol. The van der Waals surface area contributed by atoms with E-state index in [0.717, 1.165) is 28.5 Å². The molecule has 0 aromatic carbocycles. The van der Waals surface area contributed by atoms with Gasteiger partial charge < -0.3 is 9.73 Å². The number of halogens is 1. The van der Waals surface area contributed by atoms with Crippen molar-refractivity contribution in [3.8, 4) is 0 Å². The molecule has 0 bridgehead atoms. The predicted octanol–water partition coefficient (Wildman–Crippen LogP) is 4.11. The highest BCUT2D eigenvalue weighted by Gasteiger charge is 2.03. The van der Waals surface area contributed by atoms with Gasteiger partial charge in [0.15, 0.2) is 0 Å². The molecule has 5 heteroatoms. The zero-order chi connectivity index (χ0) is 13.0. The molecule has 0 saturated heterocycles. The Morgan fingerprint density at radius 1 is 1.39 bits per heavy atom. The Hall–Kier alpha value is -1.13. The summed E-state index contributed by atoms with van der Waals surface area (Å²) in [5.41, 5.74) is 1.91. The molecule has 0 aliphatic rings. The average Bonchev–Trinajstić information content (AvgIpc) is 2.79. The van der Waals surface area contributed by atoms with Crippen LogP contribution in [0.15, 0.2) is 28.8 Å². The third-order valence-corrected chi connectivity index (χ3v) is 3.45. The Morgan fingerprint density at radius 2 is 2.17 bits per heavy atom. The van der Waals surface area contributed by atoms with E-state index in [1.165, 1.54) is 0 Å². The van der Waals surface area contributed by atoms with Crippen molar-refractivity contribution < 1.29 is 4.42 Å². The van der Waals surface area contributed by atoms with E-state index < -0.39 is 0 Å². The Labute approximate surface area is 116 Å². The Kier molecular flexibility index (Phi) is 4.55. The molecule has 1 N–H and O–H groups in total. The lowest BCUT2D eigenvalue weighted by molar-refractivity contribution is 0.487. The highest BCUT2D eigenvalue weighted by Crippen LogP contribution is 2.18. The van der Waals surface area contributed by atoms with Gasteiger partial charge in [0.25, 0.3) is 0 Å². The first-order chi connectivity index (χ1) is 8.69. The summed E-state index contributed by atoms with van der Waals surface area (Å²) in [5.74, 6) is 2.83. The van der Waals surface area contributed by atoms with Crippen molar-refractivity contribution in [2.45, 2.75) is 19.2 Å². The molecule has 0 aliphatic heterocycles. The van der Waals surface area contributed by atoms with Crippen LogP contribution in [0.5, 0.6) is 0 Å². The largest absolute Gasteiger partial charge is 0.463 e. The molecule has 96 valence electrons. The van der Waals surface area contributed by atoms with E-state index in [4.69, 9.17) is 16.0 Å². The van der Waals surface area contributed by atoms with E-state index in [-0.39, 0.29) is 0 Å². The fraction of sp³-hybridized carbons (Fsp3) is 0.308. The first-order valence-corrected chi connectivity index (χ1v) is 7.39. The number of pyridine rings is 1. The molecular formula is C13H15ClN2OS. The van der Waals surface area contributed by atoms with Crippen LogP contribution in [0.3, 0.4) is 0 Å². The number of anilines is 1. The number of aryl methyl sites for hydroxylation is 1. The van der Waals surface area contributed by atoms with Crippen LogP contribution >= 0.6 is 23.4 Å². The van der Waals surface area contributed by atoms with Crippen molar-refractivity contribution in [1.82, 2.24) is 4.98 Å². The molecule has 0 fully saturated rings. The molecule has 0 unspecified atom stereocenters. The summed E-state index contributed by atoms with van der Waals surface area (Å²) in [5, 5.41) is 3.81. The van der Waals surface area contributed by atoms with Crippen LogP contribution in [-0.4, -0.2) is 11.2 Å². The molecular weight excluding hydrogens is 268 g/mol. The molecule has 18 heavy (non-hydrogen) atoms. The van der Waals surface area contributed by atoms with Crippen molar-refractivity contribution in [3.63, 3.8) is 0 Å². The molecule has 3 nitrogen and oxygen atoms in total. The maximum atomic E-state index is 5.88. The number of nitrogens with one attached hydrogen (secondary N) is 1. The lowest BCUT2D eigenvalue weighted by Crippen LogP contribution is -1.99. The van der Waals surface area contributed by atoms with Crippen molar-refractivity contribution in [1.29, 1.82) is 0 Å². The van der Waals surface area contributed by atoms with Gasteiger partial charge in [-0.2, -0.15) is 11.8 Å². The van der Waals surface area contributed by atoms with Crippen molar-refractivity contribution in [2.75, 3.05) is 11.6 Å². The minimum Gasteiger partial charge on any atom is -0.463 e. The van der Waals surface area contributed by atoms with E-state index in [0.29, 0.717) is 11.7 Å². The number of nitrogens with zero attached hydrogens (tertiary/aromatic N) is 1. The number of hydrogen-bond donors (Lipinski definition) is 1. The Balaban J connectivity index is 1.95. The fourth-order valence-electron chi connectivity index (χ4n) is 1.58. The van der Waals surface area contributed by atoms with Crippen LogP contribution in [0.4, 0.5) is 5.69 Å². The molecule has 0 atom stereocenters. The van der Waals surface area contributed by atoms with Crippen molar-refractivity contribution in [2.24, 2.45) is 0 Å². The number of rotatable bonds is 5. The summed E-state index contributed by atoms with van der Waals surface area (Å²) in [7, 11) is 0. The monoisotopic (exact) mass is 282 g/mol. The molecule has 0 amide bonds. The second-order valence-corrected chi connectivity index (χ2v) is 5.21. The van der Waals surface area contributed by atoms with E-state index in [1.807, 2.05) is 25.1 Å². The summed E-state index contributed by atoms with van der Waals surface area (Å²) in [6.07, 6.45) is 3.78. The molecule has 0 saturated carbocycles. The third-order valence-electron chi connectivity index (χ3n) is 2.49. The number of hydrogen-bond acceptors (Lipinski definition) is 4. The third kappa shape index (κ3) is 3.43. The van der Waals surface area contributed by atoms with E-state index in [9.17, 15) is 0 Å². The molecule has 2 heterocycles. The standard InChI is InChI=1S/C13H15ClN2OS/c1-9-5-10(6-16-13(9)14)15-7-11-3-4-12(17-11)8-18-2/h3-6,15H,7-8H2,1-2H3. The molecule has 2 rings (SSSR count). The van der Waals surface area contributed by atoms with Gasteiger partial charge in [-0.1, -0.05) is 11.6 Å². The van der Waals surface area contributed by atoms with E-state index >= 15 is 0 Å². The summed E-state index contributed by atoms with van der Waals surface area (Å²) >= 11 is 7.62. The summed E-state index contributed by atoms with van der Waals surface area (Å²) in [6, 6.07) is 5.98. The van der Waals surface area contributed by atoms with Crippen LogP contribution in [0.2, 0.25) is 5.15 Å². The van der Waals surface area contributed by atoms with Gasteiger partial charge in [0.05, 0.1) is 24.2 Å². The maximum Gasteiger partial charge on any atom is 0.132 e. The topological polar surface area (TPSA) is 38.1 Å². The fourth-order valence-corrected chi connectivity index (χ4v) is 2.12. The van der Waals surface area contributed by atoms with Crippen LogP contribution in [0.1, 0.15) is 17.1 Å². The Bertz CT molecular complexity index is 527. The molecule has 0 spiro atoms. The highest BCUT2D eigenvalue weighted by atomic mass is 35.5. The smallest absolute Gasteiger partial charge is 0.132 e.